The monoisotopic (exact) mass is 290 g/mol. The van der Waals surface area contributed by atoms with Gasteiger partial charge in [0.15, 0.2) is 0 Å². The van der Waals surface area contributed by atoms with Crippen LogP contribution < -0.4 is 4.74 Å². The molecule has 1 saturated heterocycles. The second-order valence-electron chi connectivity index (χ2n) is 5.52. The van der Waals surface area contributed by atoms with E-state index in [9.17, 15) is 4.79 Å². The summed E-state index contributed by atoms with van der Waals surface area (Å²) in [5, 5.41) is 0. The number of aryl methyl sites for hydroxylation is 1. The van der Waals surface area contributed by atoms with Gasteiger partial charge in [-0.05, 0) is 37.1 Å². The summed E-state index contributed by atoms with van der Waals surface area (Å²) in [7, 11) is 1.67. The van der Waals surface area contributed by atoms with Gasteiger partial charge >= 0.3 is 0 Å². The molecule has 0 radical (unpaired) electrons. The Morgan fingerprint density at radius 1 is 1.14 bits per heavy atom. The van der Waals surface area contributed by atoms with E-state index in [-0.39, 0.29) is 0 Å². The van der Waals surface area contributed by atoms with Crippen LogP contribution in [0.4, 0.5) is 0 Å². The van der Waals surface area contributed by atoms with Crippen molar-refractivity contribution >= 4 is 5.91 Å². The maximum atomic E-state index is 12.2. The number of nitrogens with zero attached hydrogens (tertiary/aromatic N) is 2. The molecule has 0 aromatic heterocycles. The molecular weight excluding hydrogens is 264 g/mol. The minimum absolute atomic E-state index is 0.305. The highest BCUT2D eigenvalue weighted by Crippen LogP contribution is 2.14. The molecule has 1 heterocycles. The number of carbonyl (C=O) groups excluding carboxylic acids is 1. The van der Waals surface area contributed by atoms with Gasteiger partial charge in [-0.1, -0.05) is 19.1 Å². The lowest BCUT2D eigenvalue weighted by atomic mass is 10.1. The van der Waals surface area contributed by atoms with E-state index in [0.717, 1.165) is 51.3 Å². The van der Waals surface area contributed by atoms with E-state index in [1.165, 1.54) is 5.56 Å². The van der Waals surface area contributed by atoms with Crippen molar-refractivity contribution in [3.8, 4) is 5.75 Å². The first-order valence-electron chi connectivity index (χ1n) is 7.86. The van der Waals surface area contributed by atoms with Crippen molar-refractivity contribution in [3.05, 3.63) is 29.8 Å². The topological polar surface area (TPSA) is 32.8 Å². The molecule has 1 fully saturated rings. The van der Waals surface area contributed by atoms with Crippen LogP contribution in [0.3, 0.4) is 0 Å². The minimum atomic E-state index is 0.305. The number of hydrogen-bond acceptors (Lipinski definition) is 3. The van der Waals surface area contributed by atoms with E-state index in [2.05, 4.69) is 24.0 Å². The molecule has 0 atom stereocenters. The molecule has 21 heavy (non-hydrogen) atoms. The number of piperazine rings is 1. The van der Waals surface area contributed by atoms with Crippen LogP contribution in [0.15, 0.2) is 24.3 Å². The maximum absolute atomic E-state index is 12.2. The molecule has 0 aliphatic carbocycles. The minimum Gasteiger partial charge on any atom is -0.497 e. The first kappa shape index (κ1) is 15.8. The smallest absolute Gasteiger partial charge is 0.222 e. The van der Waals surface area contributed by atoms with Crippen molar-refractivity contribution in [2.45, 2.75) is 26.2 Å². The summed E-state index contributed by atoms with van der Waals surface area (Å²) in [6, 6.07) is 8.09. The zero-order valence-corrected chi connectivity index (χ0v) is 13.2. The first-order valence-corrected chi connectivity index (χ1v) is 7.86. The molecule has 1 amide bonds. The molecule has 4 nitrogen and oxygen atoms in total. The Kier molecular flexibility index (Phi) is 6.05. The van der Waals surface area contributed by atoms with Crippen molar-refractivity contribution in [3.63, 3.8) is 0 Å². The predicted octanol–water partition coefficient (Wildman–Crippen LogP) is 2.18. The van der Waals surface area contributed by atoms with Crippen molar-refractivity contribution in [1.29, 1.82) is 0 Å². The van der Waals surface area contributed by atoms with Crippen molar-refractivity contribution in [2.75, 3.05) is 39.8 Å². The van der Waals surface area contributed by atoms with Crippen LogP contribution in [-0.2, 0) is 11.2 Å². The molecule has 0 unspecified atom stereocenters. The third-order valence-corrected chi connectivity index (χ3v) is 4.19. The van der Waals surface area contributed by atoms with Gasteiger partial charge in [0.25, 0.3) is 0 Å². The summed E-state index contributed by atoms with van der Waals surface area (Å²) >= 11 is 0. The molecular formula is C17H26N2O2. The van der Waals surface area contributed by atoms with Gasteiger partial charge in [0, 0.05) is 32.6 Å². The summed E-state index contributed by atoms with van der Waals surface area (Å²) in [5.74, 6) is 1.18. The van der Waals surface area contributed by atoms with Crippen LogP contribution in [0.2, 0.25) is 0 Å². The molecule has 0 bridgehead atoms. The number of hydrogen-bond donors (Lipinski definition) is 0. The van der Waals surface area contributed by atoms with E-state index in [4.69, 9.17) is 4.74 Å². The average molecular weight is 290 g/mol. The number of amides is 1. The summed E-state index contributed by atoms with van der Waals surface area (Å²) in [6.45, 7) is 7.05. The molecule has 1 aliphatic rings. The molecule has 1 aliphatic heterocycles. The normalized spacial score (nSPS) is 16.0. The van der Waals surface area contributed by atoms with Crippen LogP contribution >= 0.6 is 0 Å². The van der Waals surface area contributed by atoms with Gasteiger partial charge < -0.3 is 14.5 Å². The molecule has 0 saturated carbocycles. The van der Waals surface area contributed by atoms with Gasteiger partial charge in [-0.15, -0.1) is 0 Å². The zero-order valence-electron chi connectivity index (χ0n) is 13.2. The number of carbonyl (C=O) groups is 1. The van der Waals surface area contributed by atoms with Gasteiger partial charge in [0.1, 0.15) is 5.75 Å². The van der Waals surface area contributed by atoms with E-state index >= 15 is 0 Å². The van der Waals surface area contributed by atoms with E-state index in [1.807, 2.05) is 17.0 Å². The molecule has 1 aromatic carbocycles. The number of rotatable bonds is 6. The summed E-state index contributed by atoms with van der Waals surface area (Å²) in [5.41, 5.74) is 1.26. The average Bonchev–Trinajstić information content (AvgIpc) is 2.55. The lowest BCUT2D eigenvalue weighted by molar-refractivity contribution is -0.133. The van der Waals surface area contributed by atoms with Gasteiger partial charge in [0.05, 0.1) is 7.11 Å². The van der Waals surface area contributed by atoms with Crippen molar-refractivity contribution in [1.82, 2.24) is 9.80 Å². The Balaban J connectivity index is 1.69. The number of methoxy groups -OCH3 is 1. The van der Waals surface area contributed by atoms with Crippen molar-refractivity contribution in [2.24, 2.45) is 0 Å². The maximum Gasteiger partial charge on any atom is 0.222 e. The van der Waals surface area contributed by atoms with Gasteiger partial charge in [-0.25, -0.2) is 0 Å². The lowest BCUT2D eigenvalue weighted by Gasteiger charge is -2.34. The van der Waals surface area contributed by atoms with Crippen LogP contribution in [-0.4, -0.2) is 55.5 Å². The fraction of sp³-hybridized carbons (Fsp3) is 0.588. The Morgan fingerprint density at radius 2 is 1.81 bits per heavy atom. The Labute approximate surface area is 127 Å². The number of likely N-dealkylation sites (N-methyl/N-ethyl adjacent to an activating group) is 1. The Morgan fingerprint density at radius 3 is 2.38 bits per heavy atom. The molecule has 2 rings (SSSR count). The van der Waals surface area contributed by atoms with E-state index in [0.29, 0.717) is 12.3 Å². The fourth-order valence-electron chi connectivity index (χ4n) is 2.71. The highest BCUT2D eigenvalue weighted by Gasteiger charge is 2.19. The highest BCUT2D eigenvalue weighted by atomic mass is 16.5. The van der Waals surface area contributed by atoms with Crippen LogP contribution in [0, 0.1) is 0 Å². The van der Waals surface area contributed by atoms with Gasteiger partial charge in [0.2, 0.25) is 5.91 Å². The SMILES string of the molecule is CCN1CCN(C(=O)CCCc2ccc(OC)cc2)CC1. The fourth-order valence-corrected chi connectivity index (χ4v) is 2.71. The molecule has 0 spiro atoms. The third kappa shape index (κ3) is 4.74. The first-order chi connectivity index (χ1) is 10.2. The molecule has 4 heteroatoms. The van der Waals surface area contributed by atoms with Crippen LogP contribution in [0.1, 0.15) is 25.3 Å². The predicted molar refractivity (Wildman–Crippen MR) is 84.6 cm³/mol. The zero-order chi connectivity index (χ0) is 15.1. The number of ether oxygens (including phenoxy) is 1. The summed E-state index contributed by atoms with van der Waals surface area (Å²) in [6.07, 6.45) is 2.52. The van der Waals surface area contributed by atoms with E-state index < -0.39 is 0 Å². The van der Waals surface area contributed by atoms with Crippen LogP contribution in [0.25, 0.3) is 0 Å². The second-order valence-corrected chi connectivity index (χ2v) is 5.52. The van der Waals surface area contributed by atoms with Crippen LogP contribution in [0.5, 0.6) is 5.75 Å². The highest BCUT2D eigenvalue weighted by molar-refractivity contribution is 5.76. The molecule has 116 valence electrons. The number of benzene rings is 1. The second kappa shape index (κ2) is 8.03. The lowest BCUT2D eigenvalue weighted by Crippen LogP contribution is -2.48. The summed E-state index contributed by atoms with van der Waals surface area (Å²) in [4.78, 5) is 16.6. The van der Waals surface area contributed by atoms with E-state index in [1.54, 1.807) is 7.11 Å². The van der Waals surface area contributed by atoms with Gasteiger partial charge in [-0.2, -0.15) is 0 Å². The van der Waals surface area contributed by atoms with Gasteiger partial charge in [-0.3, -0.25) is 4.79 Å². The largest absolute Gasteiger partial charge is 0.497 e. The molecule has 1 aromatic rings. The molecule has 0 N–H and O–H groups in total. The summed E-state index contributed by atoms with van der Waals surface area (Å²) < 4.78 is 5.14. The van der Waals surface area contributed by atoms with Crippen molar-refractivity contribution < 1.29 is 9.53 Å². The third-order valence-electron chi connectivity index (χ3n) is 4.19. The quantitative estimate of drug-likeness (QED) is 0.805. The Bertz CT molecular complexity index is 437. The Hall–Kier alpha value is -1.55. The standard InChI is InChI=1S/C17H26N2O2/c1-3-18-11-13-19(14-12-18)17(20)6-4-5-15-7-9-16(21-2)10-8-15/h7-10H,3-6,11-14H2,1-2H3.